The highest BCUT2D eigenvalue weighted by Gasteiger charge is 2.11. The minimum atomic E-state index is -0.407. The number of amides is 1. The molecular formula is C34H51NO8. The number of carbonyl (C=O) groups excluding carboxylic acids is 1. The zero-order valence-electron chi connectivity index (χ0n) is 26.8. The number of carbonyl (C=O) groups is 1. The summed E-state index contributed by atoms with van der Waals surface area (Å²) in [4.78, 5) is 11.1. The Labute approximate surface area is 257 Å². The summed E-state index contributed by atoms with van der Waals surface area (Å²) in [6.07, 6.45) is 1.59. The van der Waals surface area contributed by atoms with Crippen LogP contribution in [0.15, 0.2) is 48.5 Å². The summed E-state index contributed by atoms with van der Waals surface area (Å²) >= 11 is 0. The predicted octanol–water partition coefficient (Wildman–Crippen LogP) is 6.11. The molecule has 2 aromatic carbocycles. The lowest BCUT2D eigenvalue weighted by Crippen LogP contribution is -2.27. The van der Waals surface area contributed by atoms with Gasteiger partial charge in [0.15, 0.2) is 12.6 Å². The van der Waals surface area contributed by atoms with Crippen LogP contribution in [0.3, 0.4) is 0 Å². The van der Waals surface area contributed by atoms with E-state index in [1.807, 2.05) is 45.0 Å². The molecule has 0 bridgehead atoms. The smallest absolute Gasteiger partial charge is 0.219 e. The van der Waals surface area contributed by atoms with Crippen LogP contribution >= 0.6 is 0 Å². The van der Waals surface area contributed by atoms with Gasteiger partial charge in [-0.25, -0.2) is 0 Å². The van der Waals surface area contributed by atoms with Crippen molar-refractivity contribution in [1.82, 2.24) is 5.32 Å². The van der Waals surface area contributed by atoms with Gasteiger partial charge in [-0.2, -0.15) is 0 Å². The largest absolute Gasteiger partial charge is 0.497 e. The van der Waals surface area contributed by atoms with E-state index in [2.05, 4.69) is 43.4 Å². The third-order valence-corrected chi connectivity index (χ3v) is 6.65. The van der Waals surface area contributed by atoms with Crippen LogP contribution in [0.1, 0.15) is 65.0 Å². The van der Waals surface area contributed by atoms with E-state index in [1.54, 1.807) is 7.11 Å². The SMILES string of the molecule is CCC(=O)NCCOCCOC(C)OCCOCCOC(C)Oc1ccc(/C(CC)=C(\CC)c2ccc(OC)cc2)cc1. The number of allylic oxidation sites excluding steroid dienone is 2. The van der Waals surface area contributed by atoms with Crippen LogP contribution in [0.5, 0.6) is 11.5 Å². The Hall–Kier alpha value is -2.95. The molecular weight excluding hydrogens is 550 g/mol. The van der Waals surface area contributed by atoms with Gasteiger partial charge in [-0.05, 0) is 73.2 Å². The molecule has 0 heterocycles. The fourth-order valence-electron chi connectivity index (χ4n) is 4.39. The maximum absolute atomic E-state index is 11.1. The highest BCUT2D eigenvalue weighted by molar-refractivity contribution is 5.90. The average Bonchev–Trinajstić information content (AvgIpc) is 3.03. The number of methoxy groups -OCH3 is 1. The molecule has 9 heteroatoms. The van der Waals surface area contributed by atoms with Crippen LogP contribution in [0.2, 0.25) is 0 Å². The van der Waals surface area contributed by atoms with Crippen molar-refractivity contribution < 1.29 is 38.0 Å². The second-order valence-electron chi connectivity index (χ2n) is 9.71. The summed E-state index contributed by atoms with van der Waals surface area (Å²) in [5.41, 5.74) is 5.06. The average molecular weight is 602 g/mol. The molecule has 0 saturated carbocycles. The van der Waals surface area contributed by atoms with Crippen molar-refractivity contribution in [1.29, 1.82) is 0 Å². The van der Waals surface area contributed by atoms with Crippen molar-refractivity contribution in [3.05, 3.63) is 59.7 Å². The van der Waals surface area contributed by atoms with Crippen LogP contribution in [0, 0.1) is 0 Å². The first-order valence-corrected chi connectivity index (χ1v) is 15.3. The molecule has 0 spiro atoms. The fourth-order valence-corrected chi connectivity index (χ4v) is 4.39. The number of nitrogens with one attached hydrogen (secondary N) is 1. The van der Waals surface area contributed by atoms with E-state index >= 15 is 0 Å². The van der Waals surface area contributed by atoms with Gasteiger partial charge in [-0.1, -0.05) is 45.0 Å². The van der Waals surface area contributed by atoms with E-state index in [4.69, 9.17) is 33.2 Å². The first-order chi connectivity index (χ1) is 20.9. The van der Waals surface area contributed by atoms with Gasteiger partial charge in [0.05, 0.1) is 53.4 Å². The number of rotatable bonds is 23. The third kappa shape index (κ3) is 14.4. The summed E-state index contributed by atoms with van der Waals surface area (Å²) in [6, 6.07) is 16.4. The third-order valence-electron chi connectivity index (χ3n) is 6.65. The van der Waals surface area contributed by atoms with Gasteiger partial charge in [-0.3, -0.25) is 4.79 Å². The molecule has 0 aliphatic carbocycles. The van der Waals surface area contributed by atoms with Crippen LogP contribution in [0.4, 0.5) is 0 Å². The van der Waals surface area contributed by atoms with Crippen molar-refractivity contribution in [2.75, 3.05) is 59.9 Å². The zero-order chi connectivity index (χ0) is 31.3. The van der Waals surface area contributed by atoms with Gasteiger partial charge < -0.3 is 38.5 Å². The highest BCUT2D eigenvalue weighted by atomic mass is 16.7. The topological polar surface area (TPSA) is 93.7 Å². The lowest BCUT2D eigenvalue weighted by molar-refractivity contribution is -0.149. The van der Waals surface area contributed by atoms with Crippen molar-refractivity contribution in [3.8, 4) is 11.5 Å². The Morgan fingerprint density at radius 2 is 1.09 bits per heavy atom. The van der Waals surface area contributed by atoms with Gasteiger partial charge >= 0.3 is 0 Å². The first kappa shape index (κ1) is 36.2. The Bertz CT molecular complexity index is 1060. The first-order valence-electron chi connectivity index (χ1n) is 15.3. The van der Waals surface area contributed by atoms with Gasteiger partial charge in [0, 0.05) is 13.0 Å². The van der Waals surface area contributed by atoms with Gasteiger partial charge in [-0.15, -0.1) is 0 Å². The van der Waals surface area contributed by atoms with E-state index in [1.165, 1.54) is 22.3 Å². The summed E-state index contributed by atoms with van der Waals surface area (Å²) in [7, 11) is 1.68. The van der Waals surface area contributed by atoms with E-state index in [0.717, 1.165) is 24.3 Å². The Kier molecular flexibility index (Phi) is 18.3. The minimum Gasteiger partial charge on any atom is -0.497 e. The van der Waals surface area contributed by atoms with E-state index < -0.39 is 6.29 Å². The van der Waals surface area contributed by atoms with Crippen LogP contribution in [0.25, 0.3) is 11.1 Å². The molecule has 43 heavy (non-hydrogen) atoms. The number of hydrogen-bond donors (Lipinski definition) is 1. The Balaban J connectivity index is 1.61. The van der Waals surface area contributed by atoms with Crippen molar-refractivity contribution in [3.63, 3.8) is 0 Å². The number of benzene rings is 2. The summed E-state index contributed by atoms with van der Waals surface area (Å²) in [6.45, 7) is 13.4. The van der Waals surface area contributed by atoms with E-state index in [-0.39, 0.29) is 12.2 Å². The lowest BCUT2D eigenvalue weighted by atomic mass is 9.91. The summed E-state index contributed by atoms with van der Waals surface area (Å²) in [5, 5.41) is 2.75. The maximum atomic E-state index is 11.1. The standard InChI is InChI=1S/C34H51NO8/c1-7-32(28-10-14-30(37-6)15-11-28)33(8-2)29-12-16-31(17-13-29)43-27(5)42-25-22-39-21-24-41-26(4)40-23-20-38-19-18-35-34(36)9-3/h10-17,26-27H,7-9,18-25H2,1-6H3,(H,35,36)/b33-32+. The molecule has 0 fully saturated rings. The lowest BCUT2D eigenvalue weighted by Gasteiger charge is -2.17. The summed E-state index contributed by atoms with van der Waals surface area (Å²) < 4.78 is 39.1. The number of ether oxygens (including phenoxy) is 7. The van der Waals surface area contributed by atoms with E-state index in [0.29, 0.717) is 59.2 Å². The molecule has 0 saturated heterocycles. The van der Waals surface area contributed by atoms with Gasteiger partial charge in [0.2, 0.25) is 5.91 Å². The predicted molar refractivity (Wildman–Crippen MR) is 169 cm³/mol. The molecule has 0 aliphatic rings. The molecule has 9 nitrogen and oxygen atoms in total. The molecule has 2 unspecified atom stereocenters. The quantitative estimate of drug-likeness (QED) is 0.0927. The van der Waals surface area contributed by atoms with Crippen LogP contribution < -0.4 is 14.8 Å². The molecule has 2 atom stereocenters. The minimum absolute atomic E-state index is 0.0195. The number of hydrogen-bond acceptors (Lipinski definition) is 8. The van der Waals surface area contributed by atoms with Crippen molar-refractivity contribution >= 4 is 17.1 Å². The molecule has 0 aliphatic heterocycles. The van der Waals surface area contributed by atoms with Crippen molar-refractivity contribution in [2.24, 2.45) is 0 Å². The molecule has 1 N–H and O–H groups in total. The maximum Gasteiger partial charge on any atom is 0.219 e. The second kappa shape index (κ2) is 21.7. The molecule has 1 amide bonds. The monoisotopic (exact) mass is 601 g/mol. The van der Waals surface area contributed by atoms with Crippen LogP contribution in [-0.2, 0) is 28.5 Å². The summed E-state index contributed by atoms with van der Waals surface area (Å²) in [5.74, 6) is 1.63. The Morgan fingerprint density at radius 3 is 1.56 bits per heavy atom. The molecule has 0 aromatic heterocycles. The molecule has 240 valence electrons. The molecule has 2 rings (SSSR count). The normalized spacial score (nSPS) is 13.3. The van der Waals surface area contributed by atoms with Gasteiger partial charge in [0.1, 0.15) is 11.5 Å². The Morgan fingerprint density at radius 1 is 0.628 bits per heavy atom. The zero-order valence-corrected chi connectivity index (χ0v) is 26.8. The highest BCUT2D eigenvalue weighted by Crippen LogP contribution is 2.33. The van der Waals surface area contributed by atoms with Crippen LogP contribution in [-0.4, -0.2) is 78.4 Å². The molecule has 2 aromatic rings. The fraction of sp³-hybridized carbons (Fsp3) is 0.559. The van der Waals surface area contributed by atoms with Gasteiger partial charge in [0.25, 0.3) is 0 Å². The molecule has 0 radical (unpaired) electrons. The second-order valence-corrected chi connectivity index (χ2v) is 9.71. The van der Waals surface area contributed by atoms with E-state index in [9.17, 15) is 4.79 Å². The van der Waals surface area contributed by atoms with Crippen molar-refractivity contribution in [2.45, 2.75) is 66.5 Å².